The van der Waals surface area contributed by atoms with Crippen LogP contribution in [-0.2, 0) is 17.5 Å². The Morgan fingerprint density at radius 1 is 1.24 bits per heavy atom. The molecule has 4 nitrogen and oxygen atoms in total. The molecule has 1 aromatic heterocycles. The van der Waals surface area contributed by atoms with Gasteiger partial charge < -0.3 is 5.73 Å². The fourth-order valence-corrected chi connectivity index (χ4v) is 3.19. The first-order valence-corrected chi connectivity index (χ1v) is 8.51. The number of nitrogens with two attached hydrogens (primary N) is 1. The Bertz CT molecular complexity index is 733. The van der Waals surface area contributed by atoms with Gasteiger partial charge in [0.05, 0.1) is 17.3 Å². The van der Waals surface area contributed by atoms with Crippen LogP contribution >= 0.6 is 11.3 Å². The third kappa shape index (κ3) is 5.02. The quantitative estimate of drug-likeness (QED) is 0.840. The summed E-state index contributed by atoms with van der Waals surface area (Å²) in [5, 5.41) is 5.52. The summed E-state index contributed by atoms with van der Waals surface area (Å²) in [6, 6.07) is 4.37. The van der Waals surface area contributed by atoms with E-state index in [0.717, 1.165) is 12.1 Å². The zero-order valence-electron chi connectivity index (χ0n) is 14.1. The molecule has 3 N–H and O–H groups in total. The van der Waals surface area contributed by atoms with E-state index in [0.29, 0.717) is 22.8 Å². The first-order chi connectivity index (χ1) is 11.5. The van der Waals surface area contributed by atoms with E-state index in [9.17, 15) is 18.0 Å². The minimum Gasteiger partial charge on any atom is -0.368 e. The number of carbonyl (C=O) groups is 1. The molecule has 0 bridgehead atoms. The number of alkyl halides is 3. The van der Waals surface area contributed by atoms with E-state index >= 15 is 0 Å². The molecule has 1 aromatic carbocycles. The number of carbonyl (C=O) groups excluding carboxylic acids is 1. The van der Waals surface area contributed by atoms with Gasteiger partial charge >= 0.3 is 6.18 Å². The lowest BCUT2D eigenvalue weighted by atomic mass is 9.86. The summed E-state index contributed by atoms with van der Waals surface area (Å²) < 4.78 is 37.8. The first kappa shape index (κ1) is 19.4. The zero-order valence-corrected chi connectivity index (χ0v) is 15.0. The van der Waals surface area contributed by atoms with Crippen molar-refractivity contribution in [1.82, 2.24) is 10.3 Å². The summed E-state index contributed by atoms with van der Waals surface area (Å²) in [7, 11) is 0. The molecule has 25 heavy (non-hydrogen) atoms. The van der Waals surface area contributed by atoms with Crippen molar-refractivity contribution in [3.8, 4) is 10.6 Å². The maximum atomic E-state index is 12.6. The average Bonchev–Trinajstić information content (AvgIpc) is 2.93. The Kier molecular flexibility index (Phi) is 5.53. The van der Waals surface area contributed by atoms with Gasteiger partial charge in [0.15, 0.2) is 0 Å². The number of rotatable bonds is 5. The van der Waals surface area contributed by atoms with Crippen molar-refractivity contribution in [2.45, 2.75) is 39.5 Å². The second-order valence-electron chi connectivity index (χ2n) is 6.80. The van der Waals surface area contributed by atoms with Crippen LogP contribution in [0.3, 0.4) is 0 Å². The molecule has 0 spiro atoms. The standard InChI is InChI=1S/C17H20F3N3OS/c1-16(2,3)13(14(21)24)22-8-12-9-25-15(23-12)10-4-6-11(7-5-10)17(18,19)20/h4-7,9,13,22H,8H2,1-3H3,(H2,21,24). The largest absolute Gasteiger partial charge is 0.416 e. The summed E-state index contributed by atoms with van der Waals surface area (Å²) in [6.45, 7) is 6.07. The van der Waals surface area contributed by atoms with Crippen LogP contribution in [0.4, 0.5) is 13.2 Å². The van der Waals surface area contributed by atoms with Crippen LogP contribution in [-0.4, -0.2) is 16.9 Å². The van der Waals surface area contributed by atoms with E-state index in [1.165, 1.54) is 23.5 Å². The normalized spacial score (nSPS) is 13.7. The van der Waals surface area contributed by atoms with Crippen LogP contribution in [0.15, 0.2) is 29.6 Å². The fraction of sp³-hybridized carbons (Fsp3) is 0.412. The number of hydrogen-bond donors (Lipinski definition) is 2. The SMILES string of the molecule is CC(C)(C)C(NCc1csc(-c2ccc(C(F)(F)F)cc2)n1)C(N)=O. The van der Waals surface area contributed by atoms with Gasteiger partial charge in [0.2, 0.25) is 5.91 Å². The molecule has 8 heteroatoms. The lowest BCUT2D eigenvalue weighted by molar-refractivity contribution is -0.137. The summed E-state index contributed by atoms with van der Waals surface area (Å²) >= 11 is 1.34. The van der Waals surface area contributed by atoms with Gasteiger partial charge in [-0.15, -0.1) is 11.3 Å². The summed E-state index contributed by atoms with van der Waals surface area (Å²) in [5.74, 6) is -0.439. The lowest BCUT2D eigenvalue weighted by Gasteiger charge is -2.28. The highest BCUT2D eigenvalue weighted by molar-refractivity contribution is 7.13. The maximum Gasteiger partial charge on any atom is 0.416 e. The maximum absolute atomic E-state index is 12.6. The minimum absolute atomic E-state index is 0.335. The van der Waals surface area contributed by atoms with Crippen LogP contribution < -0.4 is 11.1 Å². The number of primary amides is 1. The molecule has 2 aromatic rings. The molecule has 2 rings (SSSR count). The number of aromatic nitrogens is 1. The molecule has 0 saturated heterocycles. The van der Waals surface area contributed by atoms with Crippen molar-refractivity contribution in [2.24, 2.45) is 11.1 Å². The topological polar surface area (TPSA) is 68.0 Å². The van der Waals surface area contributed by atoms with Crippen molar-refractivity contribution in [1.29, 1.82) is 0 Å². The van der Waals surface area contributed by atoms with Gasteiger partial charge in [-0.05, 0) is 17.5 Å². The zero-order chi connectivity index (χ0) is 18.8. The van der Waals surface area contributed by atoms with Gasteiger partial charge in [0.25, 0.3) is 0 Å². The Hall–Kier alpha value is -1.93. The number of halogens is 3. The number of nitrogens with zero attached hydrogens (tertiary/aromatic N) is 1. The van der Waals surface area contributed by atoms with E-state index in [1.807, 2.05) is 20.8 Å². The molecule has 1 amide bonds. The van der Waals surface area contributed by atoms with Crippen LogP contribution in [0.5, 0.6) is 0 Å². The van der Waals surface area contributed by atoms with Gasteiger partial charge in [-0.3, -0.25) is 10.1 Å². The third-order valence-electron chi connectivity index (χ3n) is 3.65. The highest BCUT2D eigenvalue weighted by atomic mass is 32.1. The van der Waals surface area contributed by atoms with E-state index in [2.05, 4.69) is 10.3 Å². The molecule has 0 aliphatic carbocycles. The summed E-state index contributed by atoms with van der Waals surface area (Å²) in [4.78, 5) is 16.0. The number of hydrogen-bond acceptors (Lipinski definition) is 4. The number of thiazole rings is 1. The lowest BCUT2D eigenvalue weighted by Crippen LogP contribution is -2.49. The Balaban J connectivity index is 2.08. The van der Waals surface area contributed by atoms with Crippen LogP contribution in [0.1, 0.15) is 32.0 Å². The number of nitrogens with one attached hydrogen (secondary N) is 1. The van der Waals surface area contributed by atoms with Gasteiger partial charge in [0.1, 0.15) is 5.01 Å². The molecule has 0 aliphatic rings. The molecule has 0 fully saturated rings. The highest BCUT2D eigenvalue weighted by Gasteiger charge is 2.30. The van der Waals surface area contributed by atoms with E-state index in [1.54, 1.807) is 5.38 Å². The van der Waals surface area contributed by atoms with Gasteiger partial charge in [-0.2, -0.15) is 13.2 Å². The van der Waals surface area contributed by atoms with Gasteiger partial charge in [0, 0.05) is 17.5 Å². The number of amides is 1. The molecular weight excluding hydrogens is 351 g/mol. The van der Waals surface area contributed by atoms with E-state index in [-0.39, 0.29) is 5.41 Å². The molecule has 0 aliphatic heterocycles. The van der Waals surface area contributed by atoms with Gasteiger partial charge in [-0.25, -0.2) is 4.98 Å². The van der Waals surface area contributed by atoms with Crippen molar-refractivity contribution in [2.75, 3.05) is 0 Å². The monoisotopic (exact) mass is 371 g/mol. The summed E-state index contributed by atoms with van der Waals surface area (Å²) in [6.07, 6.45) is -4.35. The predicted molar refractivity (Wildman–Crippen MR) is 91.8 cm³/mol. The fourth-order valence-electron chi connectivity index (χ4n) is 2.36. The van der Waals surface area contributed by atoms with Crippen LogP contribution in [0.25, 0.3) is 10.6 Å². The second-order valence-corrected chi connectivity index (χ2v) is 7.66. The van der Waals surface area contributed by atoms with Crippen LogP contribution in [0, 0.1) is 5.41 Å². The predicted octanol–water partition coefficient (Wildman–Crippen LogP) is 3.82. The van der Waals surface area contributed by atoms with E-state index < -0.39 is 23.7 Å². The average molecular weight is 371 g/mol. The van der Waals surface area contributed by atoms with Crippen molar-refractivity contribution in [3.05, 3.63) is 40.9 Å². The molecular formula is C17H20F3N3OS. The van der Waals surface area contributed by atoms with Crippen molar-refractivity contribution in [3.63, 3.8) is 0 Å². The van der Waals surface area contributed by atoms with Crippen molar-refractivity contribution >= 4 is 17.2 Å². The van der Waals surface area contributed by atoms with E-state index in [4.69, 9.17) is 5.73 Å². The molecule has 1 atom stereocenters. The van der Waals surface area contributed by atoms with Crippen LogP contribution in [0.2, 0.25) is 0 Å². The second kappa shape index (κ2) is 7.13. The first-order valence-electron chi connectivity index (χ1n) is 7.63. The molecule has 1 heterocycles. The smallest absolute Gasteiger partial charge is 0.368 e. The molecule has 1 unspecified atom stereocenters. The minimum atomic E-state index is -4.35. The Morgan fingerprint density at radius 2 is 1.84 bits per heavy atom. The number of benzene rings is 1. The Labute approximate surface area is 148 Å². The third-order valence-corrected chi connectivity index (χ3v) is 4.59. The molecule has 0 radical (unpaired) electrons. The van der Waals surface area contributed by atoms with Crippen molar-refractivity contribution < 1.29 is 18.0 Å². The molecule has 136 valence electrons. The van der Waals surface area contributed by atoms with Gasteiger partial charge in [-0.1, -0.05) is 32.9 Å². The molecule has 0 saturated carbocycles. The summed E-state index contributed by atoms with van der Waals surface area (Å²) in [5.41, 5.74) is 5.72. The Morgan fingerprint density at radius 3 is 2.32 bits per heavy atom. The highest BCUT2D eigenvalue weighted by Crippen LogP contribution is 2.31.